The molecule has 0 saturated heterocycles. The quantitative estimate of drug-likeness (QED) is 0.772. The lowest BCUT2D eigenvalue weighted by atomic mass is 9.84. The Hall–Kier alpha value is -1.86. The Morgan fingerprint density at radius 2 is 1.19 bits per heavy atom. The number of benzene rings is 2. The third kappa shape index (κ3) is 1.77. The van der Waals surface area contributed by atoms with Gasteiger partial charge in [-0.05, 0) is 11.1 Å². The summed E-state index contributed by atoms with van der Waals surface area (Å²) in [5.41, 5.74) is 7.92. The SMILES string of the molecule is C=CC(N)(c1ccccc1)c1ccccc1. The Bertz CT molecular complexity index is 420. The van der Waals surface area contributed by atoms with E-state index in [4.69, 9.17) is 5.73 Å². The maximum atomic E-state index is 6.42. The molecule has 2 rings (SSSR count). The van der Waals surface area contributed by atoms with E-state index >= 15 is 0 Å². The summed E-state index contributed by atoms with van der Waals surface area (Å²) in [4.78, 5) is 0. The molecule has 80 valence electrons. The highest BCUT2D eigenvalue weighted by Gasteiger charge is 2.25. The summed E-state index contributed by atoms with van der Waals surface area (Å²) in [5.74, 6) is 0. The second-order valence-corrected chi connectivity index (χ2v) is 3.81. The van der Waals surface area contributed by atoms with Gasteiger partial charge in [0.2, 0.25) is 0 Å². The molecule has 2 N–H and O–H groups in total. The van der Waals surface area contributed by atoms with Gasteiger partial charge in [-0.1, -0.05) is 66.7 Å². The second-order valence-electron chi connectivity index (χ2n) is 3.81. The van der Waals surface area contributed by atoms with E-state index in [0.717, 1.165) is 11.1 Å². The fraction of sp³-hybridized carbons (Fsp3) is 0.0667. The van der Waals surface area contributed by atoms with Crippen LogP contribution in [0, 0.1) is 0 Å². The molecule has 0 radical (unpaired) electrons. The van der Waals surface area contributed by atoms with Crippen LogP contribution in [0.2, 0.25) is 0 Å². The van der Waals surface area contributed by atoms with Gasteiger partial charge in [0.15, 0.2) is 0 Å². The van der Waals surface area contributed by atoms with Crippen molar-refractivity contribution < 1.29 is 0 Å². The maximum Gasteiger partial charge on any atom is 0.0850 e. The summed E-state index contributed by atoms with van der Waals surface area (Å²) in [6, 6.07) is 20.0. The fourth-order valence-electron chi connectivity index (χ4n) is 1.83. The first kappa shape index (κ1) is 10.7. The van der Waals surface area contributed by atoms with Gasteiger partial charge >= 0.3 is 0 Å². The smallest absolute Gasteiger partial charge is 0.0850 e. The van der Waals surface area contributed by atoms with E-state index in [1.807, 2.05) is 60.7 Å². The van der Waals surface area contributed by atoms with E-state index in [-0.39, 0.29) is 0 Å². The third-order valence-electron chi connectivity index (χ3n) is 2.82. The highest BCUT2D eigenvalue weighted by atomic mass is 14.7. The van der Waals surface area contributed by atoms with Gasteiger partial charge in [0.25, 0.3) is 0 Å². The molecule has 0 aliphatic heterocycles. The Labute approximate surface area is 96.2 Å². The molecular weight excluding hydrogens is 194 g/mol. The third-order valence-corrected chi connectivity index (χ3v) is 2.82. The zero-order valence-corrected chi connectivity index (χ0v) is 9.14. The van der Waals surface area contributed by atoms with E-state index in [2.05, 4.69) is 6.58 Å². The predicted octanol–water partition coefficient (Wildman–Crippen LogP) is 3.07. The summed E-state index contributed by atoms with van der Waals surface area (Å²) in [5, 5.41) is 0. The molecule has 1 heteroatoms. The minimum absolute atomic E-state index is 0.609. The van der Waals surface area contributed by atoms with Gasteiger partial charge in [0, 0.05) is 0 Å². The van der Waals surface area contributed by atoms with Crippen LogP contribution in [0.3, 0.4) is 0 Å². The Morgan fingerprint density at radius 1 is 0.812 bits per heavy atom. The topological polar surface area (TPSA) is 26.0 Å². The van der Waals surface area contributed by atoms with Crippen LogP contribution in [0.1, 0.15) is 11.1 Å². The lowest BCUT2D eigenvalue weighted by Gasteiger charge is -2.26. The van der Waals surface area contributed by atoms with Crippen molar-refractivity contribution in [2.24, 2.45) is 5.73 Å². The van der Waals surface area contributed by atoms with Gasteiger partial charge in [-0.3, -0.25) is 0 Å². The van der Waals surface area contributed by atoms with Crippen molar-refractivity contribution in [1.29, 1.82) is 0 Å². The predicted molar refractivity (Wildman–Crippen MR) is 68.0 cm³/mol. The number of hydrogen-bond donors (Lipinski definition) is 1. The molecular formula is C15H15N. The van der Waals surface area contributed by atoms with Crippen molar-refractivity contribution in [3.63, 3.8) is 0 Å². The van der Waals surface area contributed by atoms with Gasteiger partial charge in [-0.25, -0.2) is 0 Å². The maximum absolute atomic E-state index is 6.42. The van der Waals surface area contributed by atoms with Gasteiger partial charge in [0.1, 0.15) is 0 Å². The summed E-state index contributed by atoms with van der Waals surface area (Å²) < 4.78 is 0. The monoisotopic (exact) mass is 209 g/mol. The van der Waals surface area contributed by atoms with Crippen LogP contribution in [0.5, 0.6) is 0 Å². The molecule has 0 spiro atoms. The Balaban J connectivity index is 2.53. The number of rotatable bonds is 3. The molecule has 1 nitrogen and oxygen atoms in total. The normalized spacial score (nSPS) is 11.1. The van der Waals surface area contributed by atoms with Gasteiger partial charge < -0.3 is 5.73 Å². The van der Waals surface area contributed by atoms with Crippen molar-refractivity contribution >= 4 is 0 Å². The van der Waals surface area contributed by atoms with E-state index < -0.39 is 5.54 Å². The molecule has 2 aromatic carbocycles. The molecule has 0 fully saturated rings. The van der Waals surface area contributed by atoms with Crippen LogP contribution in [0.15, 0.2) is 73.3 Å². The zero-order valence-electron chi connectivity index (χ0n) is 9.14. The Kier molecular flexibility index (Phi) is 2.88. The van der Waals surface area contributed by atoms with Crippen LogP contribution in [0.4, 0.5) is 0 Å². The minimum Gasteiger partial charge on any atom is -0.315 e. The molecule has 0 aliphatic carbocycles. The first-order valence-electron chi connectivity index (χ1n) is 5.31. The minimum atomic E-state index is -0.609. The average Bonchev–Trinajstić information content (AvgIpc) is 2.40. The highest BCUT2D eigenvalue weighted by molar-refractivity contribution is 5.41. The van der Waals surface area contributed by atoms with Crippen molar-refractivity contribution in [1.82, 2.24) is 0 Å². The molecule has 0 unspecified atom stereocenters. The molecule has 0 aromatic heterocycles. The molecule has 0 aliphatic rings. The second kappa shape index (κ2) is 4.33. The molecule has 0 amide bonds. The lowest BCUT2D eigenvalue weighted by molar-refractivity contribution is 0.683. The molecule has 0 heterocycles. The molecule has 0 atom stereocenters. The summed E-state index contributed by atoms with van der Waals surface area (Å²) in [7, 11) is 0. The first-order valence-corrected chi connectivity index (χ1v) is 5.31. The van der Waals surface area contributed by atoms with Crippen LogP contribution >= 0.6 is 0 Å². The van der Waals surface area contributed by atoms with E-state index in [1.54, 1.807) is 6.08 Å². The lowest BCUT2D eigenvalue weighted by Crippen LogP contribution is -2.35. The number of hydrogen-bond acceptors (Lipinski definition) is 1. The molecule has 0 bridgehead atoms. The van der Waals surface area contributed by atoms with Gasteiger partial charge in [0.05, 0.1) is 5.54 Å². The van der Waals surface area contributed by atoms with E-state index in [0.29, 0.717) is 0 Å². The zero-order chi connectivity index (χ0) is 11.4. The van der Waals surface area contributed by atoms with Gasteiger partial charge in [-0.15, -0.1) is 6.58 Å². The summed E-state index contributed by atoms with van der Waals surface area (Å²) >= 11 is 0. The summed E-state index contributed by atoms with van der Waals surface area (Å²) in [6.07, 6.45) is 1.79. The van der Waals surface area contributed by atoms with Crippen molar-refractivity contribution in [3.8, 4) is 0 Å². The van der Waals surface area contributed by atoms with Gasteiger partial charge in [-0.2, -0.15) is 0 Å². The van der Waals surface area contributed by atoms with Crippen molar-refractivity contribution in [2.45, 2.75) is 5.54 Å². The summed E-state index contributed by atoms with van der Waals surface area (Å²) in [6.45, 7) is 3.86. The highest BCUT2D eigenvalue weighted by Crippen LogP contribution is 2.27. The fourth-order valence-corrected chi connectivity index (χ4v) is 1.83. The standard InChI is InChI=1S/C15H15N/c1-2-15(16,13-9-5-3-6-10-13)14-11-7-4-8-12-14/h2-12H,1,16H2. The average molecular weight is 209 g/mol. The van der Waals surface area contributed by atoms with E-state index in [9.17, 15) is 0 Å². The molecule has 2 aromatic rings. The number of nitrogens with two attached hydrogens (primary N) is 1. The Morgan fingerprint density at radius 3 is 1.50 bits per heavy atom. The first-order chi connectivity index (χ1) is 7.77. The van der Waals surface area contributed by atoms with Crippen LogP contribution < -0.4 is 5.73 Å². The van der Waals surface area contributed by atoms with Crippen LogP contribution in [0.25, 0.3) is 0 Å². The largest absolute Gasteiger partial charge is 0.315 e. The van der Waals surface area contributed by atoms with Crippen LogP contribution in [-0.2, 0) is 5.54 Å². The van der Waals surface area contributed by atoms with Crippen molar-refractivity contribution in [3.05, 3.63) is 84.4 Å². The molecule has 0 saturated carbocycles. The van der Waals surface area contributed by atoms with E-state index in [1.165, 1.54) is 0 Å². The van der Waals surface area contributed by atoms with Crippen LogP contribution in [-0.4, -0.2) is 0 Å². The molecule has 16 heavy (non-hydrogen) atoms. The van der Waals surface area contributed by atoms with Crippen molar-refractivity contribution in [2.75, 3.05) is 0 Å².